The molecule has 0 aromatic heterocycles. The average Bonchev–Trinajstić information content (AvgIpc) is 2.35. The van der Waals surface area contributed by atoms with Crippen LogP contribution in [0.25, 0.3) is 0 Å². The Morgan fingerprint density at radius 2 is 2.06 bits per heavy atom. The fraction of sp³-hybridized carbons (Fsp3) is 0.538. The minimum Gasteiger partial charge on any atom is -0.507 e. The maximum atomic E-state index is 9.85. The lowest BCUT2D eigenvalue weighted by Gasteiger charge is -2.18. The van der Waals surface area contributed by atoms with Crippen molar-refractivity contribution in [3.8, 4) is 11.5 Å². The van der Waals surface area contributed by atoms with Crippen LogP contribution in [-0.4, -0.2) is 30.5 Å². The minimum absolute atomic E-state index is 0.0370. The molecule has 0 saturated carbocycles. The molecule has 96 valence electrons. The van der Waals surface area contributed by atoms with Gasteiger partial charge in [0.15, 0.2) is 0 Å². The molecule has 0 aliphatic heterocycles. The molecule has 0 fully saturated rings. The van der Waals surface area contributed by atoms with Crippen molar-refractivity contribution in [2.45, 2.75) is 19.9 Å². The Labute approximate surface area is 102 Å². The fourth-order valence-corrected chi connectivity index (χ4v) is 1.57. The van der Waals surface area contributed by atoms with Crippen LogP contribution < -0.4 is 10.1 Å². The lowest BCUT2D eigenvalue weighted by Crippen LogP contribution is -2.26. The van der Waals surface area contributed by atoms with E-state index in [1.165, 1.54) is 0 Å². The van der Waals surface area contributed by atoms with Gasteiger partial charge in [0.05, 0.1) is 7.11 Å². The molecule has 4 nitrogen and oxygen atoms in total. The van der Waals surface area contributed by atoms with Gasteiger partial charge >= 0.3 is 0 Å². The van der Waals surface area contributed by atoms with Gasteiger partial charge in [-0.15, -0.1) is 0 Å². The van der Waals surface area contributed by atoms with Crippen LogP contribution in [0.4, 0.5) is 0 Å². The van der Waals surface area contributed by atoms with Crippen LogP contribution in [0.5, 0.6) is 11.5 Å². The number of aliphatic hydroxyl groups is 1. The van der Waals surface area contributed by atoms with Gasteiger partial charge < -0.3 is 20.3 Å². The molecule has 4 heteroatoms. The molecule has 17 heavy (non-hydrogen) atoms. The third-order valence-electron chi connectivity index (χ3n) is 2.79. The largest absolute Gasteiger partial charge is 0.507 e. The SMILES string of the molecule is COc1ccc(C(C)NCC(C)CO)c(O)c1. The molecule has 0 heterocycles. The summed E-state index contributed by atoms with van der Waals surface area (Å²) < 4.78 is 5.03. The van der Waals surface area contributed by atoms with E-state index in [0.717, 1.165) is 5.56 Å². The Bertz CT molecular complexity index is 355. The van der Waals surface area contributed by atoms with Crippen LogP contribution in [0, 0.1) is 5.92 Å². The van der Waals surface area contributed by atoms with Crippen molar-refractivity contribution in [1.82, 2.24) is 5.32 Å². The molecule has 1 rings (SSSR count). The number of rotatable bonds is 6. The van der Waals surface area contributed by atoms with Gasteiger partial charge in [-0.2, -0.15) is 0 Å². The lowest BCUT2D eigenvalue weighted by molar-refractivity contribution is 0.230. The van der Waals surface area contributed by atoms with E-state index < -0.39 is 0 Å². The first-order chi connectivity index (χ1) is 8.08. The third-order valence-corrected chi connectivity index (χ3v) is 2.79. The van der Waals surface area contributed by atoms with Gasteiger partial charge in [-0.3, -0.25) is 0 Å². The van der Waals surface area contributed by atoms with Crippen molar-refractivity contribution in [3.05, 3.63) is 23.8 Å². The number of phenols is 1. The second-order valence-corrected chi connectivity index (χ2v) is 4.34. The van der Waals surface area contributed by atoms with Crippen LogP contribution in [0.15, 0.2) is 18.2 Å². The predicted molar refractivity (Wildman–Crippen MR) is 67.3 cm³/mol. The average molecular weight is 239 g/mol. The van der Waals surface area contributed by atoms with Crippen LogP contribution in [-0.2, 0) is 0 Å². The highest BCUT2D eigenvalue weighted by Gasteiger charge is 2.11. The summed E-state index contributed by atoms with van der Waals surface area (Å²) in [6.07, 6.45) is 0. The molecule has 0 spiro atoms. The van der Waals surface area contributed by atoms with E-state index >= 15 is 0 Å². The van der Waals surface area contributed by atoms with E-state index in [1.807, 2.05) is 26.0 Å². The van der Waals surface area contributed by atoms with Crippen molar-refractivity contribution in [3.63, 3.8) is 0 Å². The molecule has 0 amide bonds. The maximum Gasteiger partial charge on any atom is 0.124 e. The van der Waals surface area contributed by atoms with Gasteiger partial charge in [0.25, 0.3) is 0 Å². The number of hydrogen-bond acceptors (Lipinski definition) is 4. The maximum absolute atomic E-state index is 9.85. The van der Waals surface area contributed by atoms with Crippen LogP contribution >= 0.6 is 0 Å². The molecular weight excluding hydrogens is 218 g/mol. The quantitative estimate of drug-likeness (QED) is 0.707. The molecule has 0 bridgehead atoms. The first-order valence-corrected chi connectivity index (χ1v) is 5.79. The van der Waals surface area contributed by atoms with Crippen molar-refractivity contribution >= 4 is 0 Å². The smallest absolute Gasteiger partial charge is 0.124 e. The number of hydrogen-bond donors (Lipinski definition) is 3. The van der Waals surface area contributed by atoms with Crippen LogP contribution in [0.2, 0.25) is 0 Å². The summed E-state index contributed by atoms with van der Waals surface area (Å²) in [6, 6.07) is 5.30. The van der Waals surface area contributed by atoms with E-state index in [0.29, 0.717) is 12.3 Å². The zero-order chi connectivity index (χ0) is 12.8. The molecule has 2 atom stereocenters. The Morgan fingerprint density at radius 3 is 2.59 bits per heavy atom. The number of phenolic OH excluding ortho intramolecular Hbond substituents is 1. The highest BCUT2D eigenvalue weighted by Crippen LogP contribution is 2.28. The minimum atomic E-state index is 0.0370. The summed E-state index contributed by atoms with van der Waals surface area (Å²) in [7, 11) is 1.57. The summed E-state index contributed by atoms with van der Waals surface area (Å²) >= 11 is 0. The van der Waals surface area contributed by atoms with Crippen molar-refractivity contribution < 1.29 is 14.9 Å². The second kappa shape index (κ2) is 6.47. The number of ether oxygens (including phenoxy) is 1. The molecule has 3 N–H and O–H groups in total. The van der Waals surface area contributed by atoms with Gasteiger partial charge in [0.1, 0.15) is 11.5 Å². The molecule has 0 radical (unpaired) electrons. The Hall–Kier alpha value is -1.26. The van der Waals surface area contributed by atoms with E-state index in [4.69, 9.17) is 9.84 Å². The van der Waals surface area contributed by atoms with E-state index in [1.54, 1.807) is 13.2 Å². The zero-order valence-corrected chi connectivity index (χ0v) is 10.6. The number of aliphatic hydroxyl groups excluding tert-OH is 1. The zero-order valence-electron chi connectivity index (χ0n) is 10.6. The van der Waals surface area contributed by atoms with Crippen LogP contribution in [0.3, 0.4) is 0 Å². The van der Waals surface area contributed by atoms with E-state index in [-0.39, 0.29) is 24.3 Å². The van der Waals surface area contributed by atoms with Gasteiger partial charge in [0.2, 0.25) is 0 Å². The topological polar surface area (TPSA) is 61.7 Å². The Morgan fingerprint density at radius 1 is 1.35 bits per heavy atom. The fourth-order valence-electron chi connectivity index (χ4n) is 1.57. The number of benzene rings is 1. The normalized spacial score (nSPS) is 14.4. The number of aromatic hydroxyl groups is 1. The van der Waals surface area contributed by atoms with Crippen molar-refractivity contribution in [1.29, 1.82) is 0 Å². The second-order valence-electron chi connectivity index (χ2n) is 4.34. The summed E-state index contributed by atoms with van der Waals surface area (Å²) in [4.78, 5) is 0. The number of methoxy groups -OCH3 is 1. The van der Waals surface area contributed by atoms with Crippen molar-refractivity contribution in [2.75, 3.05) is 20.3 Å². The summed E-state index contributed by atoms with van der Waals surface area (Å²) in [5, 5.41) is 22.0. The summed E-state index contributed by atoms with van der Waals surface area (Å²) in [5.74, 6) is 1.07. The summed E-state index contributed by atoms with van der Waals surface area (Å²) in [6.45, 7) is 4.82. The highest BCUT2D eigenvalue weighted by molar-refractivity contribution is 5.41. The first kappa shape index (κ1) is 13.8. The summed E-state index contributed by atoms with van der Waals surface area (Å²) in [5.41, 5.74) is 0.830. The van der Waals surface area contributed by atoms with Gasteiger partial charge in [-0.25, -0.2) is 0 Å². The van der Waals surface area contributed by atoms with Crippen molar-refractivity contribution in [2.24, 2.45) is 5.92 Å². The molecule has 0 saturated heterocycles. The van der Waals surface area contributed by atoms with Crippen LogP contribution in [0.1, 0.15) is 25.5 Å². The molecule has 1 aromatic rings. The number of nitrogens with one attached hydrogen (secondary N) is 1. The Balaban J connectivity index is 2.65. The molecule has 1 aromatic carbocycles. The van der Waals surface area contributed by atoms with Gasteiger partial charge in [0, 0.05) is 30.8 Å². The van der Waals surface area contributed by atoms with Gasteiger partial charge in [-0.1, -0.05) is 13.0 Å². The standard InChI is InChI=1S/C13H21NO3/c1-9(8-15)7-14-10(2)12-5-4-11(17-3)6-13(12)16/h4-6,9-10,14-16H,7-8H2,1-3H3. The monoisotopic (exact) mass is 239 g/mol. The van der Waals surface area contributed by atoms with Gasteiger partial charge in [-0.05, 0) is 18.9 Å². The Kier molecular flexibility index (Phi) is 5.25. The molecule has 2 unspecified atom stereocenters. The predicted octanol–water partition coefficient (Wildman–Crippen LogP) is 1.68. The van der Waals surface area contributed by atoms with E-state index in [2.05, 4.69) is 5.32 Å². The molecular formula is C13H21NO3. The van der Waals surface area contributed by atoms with E-state index in [9.17, 15) is 5.11 Å². The molecule has 0 aliphatic carbocycles. The molecule has 0 aliphatic rings. The highest BCUT2D eigenvalue weighted by atomic mass is 16.5. The third kappa shape index (κ3) is 3.91. The first-order valence-electron chi connectivity index (χ1n) is 5.79. The lowest BCUT2D eigenvalue weighted by atomic mass is 10.1.